The summed E-state index contributed by atoms with van der Waals surface area (Å²) >= 11 is 0. The molecule has 1 heterocycles. The number of unbranched alkanes of at least 4 members (excludes halogenated alkanes) is 1. The third-order valence-electron chi connectivity index (χ3n) is 3.24. The van der Waals surface area contributed by atoms with Gasteiger partial charge in [0.05, 0.1) is 0 Å². The first-order valence-electron chi connectivity index (χ1n) is 5.57. The molecule has 1 aliphatic heterocycles. The van der Waals surface area contributed by atoms with Crippen LogP contribution in [0.2, 0.25) is 0 Å². The van der Waals surface area contributed by atoms with Gasteiger partial charge >= 0.3 is 0 Å². The largest absolute Gasteiger partial charge is 0.300 e. The zero-order valence-corrected chi connectivity index (χ0v) is 8.84. The second-order valence-corrected chi connectivity index (χ2v) is 3.97. The van der Waals surface area contributed by atoms with Crippen molar-refractivity contribution in [2.24, 2.45) is 5.92 Å². The molecule has 1 fully saturated rings. The summed E-state index contributed by atoms with van der Waals surface area (Å²) in [6.45, 7) is 9.51. The lowest BCUT2D eigenvalue weighted by molar-refractivity contribution is 0.0116. The van der Waals surface area contributed by atoms with Gasteiger partial charge in [-0.25, -0.2) is 0 Å². The maximum absolute atomic E-state index is 2.61. The molecule has 1 nitrogen and oxygen atoms in total. The Morgan fingerprint density at radius 3 is 2.50 bits per heavy atom. The van der Waals surface area contributed by atoms with E-state index in [-0.39, 0.29) is 0 Å². The Morgan fingerprint density at radius 2 is 2.00 bits per heavy atom. The molecule has 12 heavy (non-hydrogen) atoms. The zero-order chi connectivity index (χ0) is 8.97. The molecule has 0 N–H and O–H groups in total. The maximum atomic E-state index is 2.61. The van der Waals surface area contributed by atoms with Gasteiger partial charge in [0.25, 0.3) is 0 Å². The lowest BCUT2D eigenvalue weighted by Gasteiger charge is -2.48. The van der Waals surface area contributed by atoms with E-state index in [1.165, 1.54) is 38.8 Å². The van der Waals surface area contributed by atoms with Crippen LogP contribution in [0.25, 0.3) is 0 Å². The molecule has 0 amide bonds. The molecule has 0 aliphatic carbocycles. The highest BCUT2D eigenvalue weighted by Gasteiger charge is 2.35. The Kier molecular flexibility index (Phi) is 4.07. The summed E-state index contributed by atoms with van der Waals surface area (Å²) in [6, 6.07) is 0.918. The minimum absolute atomic E-state index is 0.918. The number of rotatable bonds is 5. The predicted molar refractivity (Wildman–Crippen MR) is 54.3 cm³/mol. The van der Waals surface area contributed by atoms with Crippen LogP contribution < -0.4 is 0 Å². The van der Waals surface area contributed by atoms with E-state index in [2.05, 4.69) is 25.7 Å². The van der Waals surface area contributed by atoms with Crippen molar-refractivity contribution in [1.82, 2.24) is 4.90 Å². The number of hydrogen-bond acceptors (Lipinski definition) is 1. The highest BCUT2D eigenvalue weighted by atomic mass is 15.2. The molecule has 0 aromatic rings. The molecule has 1 heteroatoms. The highest BCUT2D eigenvalue weighted by molar-refractivity contribution is 4.89. The van der Waals surface area contributed by atoms with Gasteiger partial charge in [0.1, 0.15) is 0 Å². The van der Waals surface area contributed by atoms with Crippen molar-refractivity contribution in [3.63, 3.8) is 0 Å². The van der Waals surface area contributed by atoms with Gasteiger partial charge in [-0.1, -0.05) is 33.6 Å². The molecule has 0 aromatic heterocycles. The fourth-order valence-electron chi connectivity index (χ4n) is 2.42. The fraction of sp³-hybridized carbons (Fsp3) is 1.00. The van der Waals surface area contributed by atoms with Crippen LogP contribution >= 0.6 is 0 Å². The first-order chi connectivity index (χ1) is 5.83. The van der Waals surface area contributed by atoms with Gasteiger partial charge in [0.15, 0.2) is 0 Å². The molecular formula is C11H23N. The van der Waals surface area contributed by atoms with E-state index in [0.29, 0.717) is 0 Å². The van der Waals surface area contributed by atoms with E-state index < -0.39 is 0 Å². The van der Waals surface area contributed by atoms with Crippen LogP contribution in [-0.4, -0.2) is 24.0 Å². The van der Waals surface area contributed by atoms with Gasteiger partial charge in [-0.3, -0.25) is 0 Å². The minimum atomic E-state index is 0.918. The summed E-state index contributed by atoms with van der Waals surface area (Å²) < 4.78 is 0. The third kappa shape index (κ3) is 2.01. The zero-order valence-electron chi connectivity index (χ0n) is 8.84. The average molecular weight is 169 g/mol. The van der Waals surface area contributed by atoms with E-state index in [9.17, 15) is 0 Å². The average Bonchev–Trinajstić information content (AvgIpc) is 2.04. The molecule has 0 radical (unpaired) electrons. The Bertz CT molecular complexity index is 120. The molecule has 1 saturated heterocycles. The molecule has 72 valence electrons. The number of likely N-dealkylation sites (tertiary alicyclic amines) is 1. The van der Waals surface area contributed by atoms with Crippen LogP contribution in [0.5, 0.6) is 0 Å². The van der Waals surface area contributed by atoms with Crippen molar-refractivity contribution in [3.8, 4) is 0 Å². The van der Waals surface area contributed by atoms with Gasteiger partial charge in [-0.2, -0.15) is 0 Å². The smallest absolute Gasteiger partial charge is 0.0133 e. The van der Waals surface area contributed by atoms with Crippen molar-refractivity contribution in [2.75, 3.05) is 13.1 Å². The minimum Gasteiger partial charge on any atom is -0.300 e. The molecule has 0 bridgehead atoms. The van der Waals surface area contributed by atoms with Crippen molar-refractivity contribution in [2.45, 2.75) is 52.5 Å². The molecular weight excluding hydrogens is 146 g/mol. The van der Waals surface area contributed by atoms with Crippen LogP contribution in [0.4, 0.5) is 0 Å². The first kappa shape index (κ1) is 10.0. The standard InChI is InChI=1S/C11H23N/c1-4-7-8-10-9-12(6-3)11(10)5-2/h10-11H,4-9H2,1-3H3. The van der Waals surface area contributed by atoms with Crippen LogP contribution in [0, 0.1) is 5.92 Å². The Balaban J connectivity index is 2.21. The van der Waals surface area contributed by atoms with E-state index in [4.69, 9.17) is 0 Å². The summed E-state index contributed by atoms with van der Waals surface area (Å²) in [5, 5.41) is 0. The highest BCUT2D eigenvalue weighted by Crippen LogP contribution is 2.30. The molecule has 0 spiro atoms. The number of nitrogens with zero attached hydrogens (tertiary/aromatic N) is 1. The summed E-state index contributed by atoms with van der Waals surface area (Å²) in [4.78, 5) is 2.61. The predicted octanol–water partition coefficient (Wildman–Crippen LogP) is 2.91. The third-order valence-corrected chi connectivity index (χ3v) is 3.24. The van der Waals surface area contributed by atoms with E-state index in [1.54, 1.807) is 0 Å². The molecule has 0 aromatic carbocycles. The molecule has 2 unspecified atom stereocenters. The summed E-state index contributed by atoms with van der Waals surface area (Å²) in [5.41, 5.74) is 0. The fourth-order valence-corrected chi connectivity index (χ4v) is 2.42. The monoisotopic (exact) mass is 169 g/mol. The lowest BCUT2D eigenvalue weighted by atomic mass is 9.83. The van der Waals surface area contributed by atoms with Crippen LogP contribution in [-0.2, 0) is 0 Å². The summed E-state index contributed by atoms with van der Waals surface area (Å²) in [5.74, 6) is 1.02. The van der Waals surface area contributed by atoms with Crippen molar-refractivity contribution >= 4 is 0 Å². The molecule has 1 aliphatic rings. The topological polar surface area (TPSA) is 3.24 Å². The normalized spacial score (nSPS) is 30.2. The summed E-state index contributed by atoms with van der Waals surface area (Å²) in [6.07, 6.45) is 5.60. The maximum Gasteiger partial charge on any atom is 0.0133 e. The second kappa shape index (κ2) is 4.86. The SMILES string of the molecule is CCCCC1CN(CC)C1CC. The van der Waals surface area contributed by atoms with Gasteiger partial charge < -0.3 is 4.90 Å². The Labute approximate surface area is 77.1 Å². The first-order valence-corrected chi connectivity index (χ1v) is 5.57. The second-order valence-electron chi connectivity index (χ2n) is 3.97. The van der Waals surface area contributed by atoms with Gasteiger partial charge in [0, 0.05) is 12.6 Å². The van der Waals surface area contributed by atoms with E-state index in [0.717, 1.165) is 12.0 Å². The van der Waals surface area contributed by atoms with E-state index in [1.807, 2.05) is 0 Å². The summed E-state index contributed by atoms with van der Waals surface area (Å²) in [7, 11) is 0. The van der Waals surface area contributed by atoms with Crippen molar-refractivity contribution in [1.29, 1.82) is 0 Å². The van der Waals surface area contributed by atoms with Crippen molar-refractivity contribution < 1.29 is 0 Å². The Hall–Kier alpha value is -0.0400. The quantitative estimate of drug-likeness (QED) is 0.611. The number of hydrogen-bond donors (Lipinski definition) is 0. The van der Waals surface area contributed by atoms with Crippen molar-refractivity contribution in [3.05, 3.63) is 0 Å². The lowest BCUT2D eigenvalue weighted by Crippen LogP contribution is -2.55. The van der Waals surface area contributed by atoms with Crippen LogP contribution in [0.3, 0.4) is 0 Å². The van der Waals surface area contributed by atoms with Gasteiger partial charge in [-0.05, 0) is 25.3 Å². The Morgan fingerprint density at radius 1 is 1.25 bits per heavy atom. The van der Waals surface area contributed by atoms with Gasteiger partial charge in [-0.15, -0.1) is 0 Å². The van der Waals surface area contributed by atoms with Crippen LogP contribution in [0.15, 0.2) is 0 Å². The molecule has 2 atom stereocenters. The molecule has 1 rings (SSSR count). The van der Waals surface area contributed by atoms with Crippen LogP contribution in [0.1, 0.15) is 46.5 Å². The van der Waals surface area contributed by atoms with Gasteiger partial charge in [0.2, 0.25) is 0 Å². The van der Waals surface area contributed by atoms with E-state index >= 15 is 0 Å². The molecule has 0 saturated carbocycles.